The molecule has 0 aromatic carbocycles. The Hall–Kier alpha value is -1.17. The number of halogens is 1. The molecule has 0 aliphatic carbocycles. The number of aromatic nitrogens is 2. The van der Waals surface area contributed by atoms with Gasteiger partial charge in [0.15, 0.2) is 5.78 Å². The van der Waals surface area contributed by atoms with Crippen molar-refractivity contribution in [3.8, 4) is 0 Å². The normalized spacial score (nSPS) is 12.7. The van der Waals surface area contributed by atoms with Crippen molar-refractivity contribution in [1.29, 1.82) is 0 Å². The van der Waals surface area contributed by atoms with Crippen LogP contribution in [0.1, 0.15) is 27.2 Å². The molecule has 1 atom stereocenters. The number of imidazole rings is 1. The summed E-state index contributed by atoms with van der Waals surface area (Å²) in [5, 5.41) is 0. The highest BCUT2D eigenvalue weighted by molar-refractivity contribution is 7.18. The lowest BCUT2D eigenvalue weighted by molar-refractivity contribution is 0.0964. The topological polar surface area (TPSA) is 71.8 Å². The average Bonchev–Trinajstić information content (AvgIpc) is 2.85. The van der Waals surface area contributed by atoms with Crippen molar-refractivity contribution < 1.29 is 4.79 Å². The summed E-state index contributed by atoms with van der Waals surface area (Å²) in [6, 6.07) is 2.65. The molecule has 0 amide bonds. The van der Waals surface area contributed by atoms with Crippen LogP contribution < -0.4 is 5.73 Å². The van der Waals surface area contributed by atoms with E-state index in [1.807, 2.05) is 6.92 Å². The van der Waals surface area contributed by atoms with Crippen LogP contribution in [0.25, 0.3) is 0 Å². The fraction of sp³-hybridized carbons (Fsp3) is 0.200. The summed E-state index contributed by atoms with van der Waals surface area (Å²) in [5.74, 6) is 0.586. The fourth-order valence-corrected chi connectivity index (χ4v) is 2.36. The molecule has 0 fully saturated rings. The van der Waals surface area contributed by atoms with Crippen molar-refractivity contribution in [2.75, 3.05) is 0 Å². The molecule has 1 unspecified atom stereocenters. The number of hydrogen-bond acceptors (Lipinski definition) is 4. The Labute approximate surface area is 101 Å². The zero-order chi connectivity index (χ0) is 11.7. The lowest BCUT2D eigenvalue weighted by atomic mass is 10.1. The second-order valence-electron chi connectivity index (χ2n) is 3.37. The minimum Gasteiger partial charge on any atom is -0.344 e. The van der Waals surface area contributed by atoms with Crippen LogP contribution >= 0.6 is 22.9 Å². The molecule has 0 saturated heterocycles. The predicted octanol–water partition coefficient (Wildman–Crippen LogP) is 2.32. The smallest absolute Gasteiger partial charge is 0.195 e. The van der Waals surface area contributed by atoms with E-state index in [0.717, 1.165) is 5.82 Å². The standard InChI is InChI=1S/C10H10ClN3OS/c1-5-13-4-6(14-5)9(12)10(15)7-2-3-8(11)16-7/h2-4,9H,12H2,1H3,(H,13,14). The van der Waals surface area contributed by atoms with E-state index in [1.165, 1.54) is 11.3 Å². The van der Waals surface area contributed by atoms with E-state index in [4.69, 9.17) is 17.3 Å². The van der Waals surface area contributed by atoms with Crippen LogP contribution in [0.4, 0.5) is 0 Å². The monoisotopic (exact) mass is 255 g/mol. The van der Waals surface area contributed by atoms with E-state index in [0.29, 0.717) is 14.9 Å². The Morgan fingerprint density at radius 2 is 2.38 bits per heavy atom. The Morgan fingerprint density at radius 1 is 1.62 bits per heavy atom. The first-order valence-electron chi connectivity index (χ1n) is 4.64. The highest BCUT2D eigenvalue weighted by Gasteiger charge is 2.20. The van der Waals surface area contributed by atoms with E-state index >= 15 is 0 Å². The van der Waals surface area contributed by atoms with Crippen LogP contribution in [0.15, 0.2) is 18.3 Å². The molecule has 84 valence electrons. The molecule has 0 aliphatic rings. The minimum atomic E-state index is -0.712. The van der Waals surface area contributed by atoms with E-state index in [1.54, 1.807) is 18.3 Å². The van der Waals surface area contributed by atoms with Crippen LogP contribution in [-0.4, -0.2) is 15.8 Å². The molecule has 0 spiro atoms. The highest BCUT2D eigenvalue weighted by Crippen LogP contribution is 2.25. The number of carbonyl (C=O) groups excluding carboxylic acids is 1. The number of aryl methyl sites for hydroxylation is 1. The summed E-state index contributed by atoms with van der Waals surface area (Å²) >= 11 is 6.99. The predicted molar refractivity (Wildman–Crippen MR) is 63.9 cm³/mol. The fourth-order valence-electron chi connectivity index (χ4n) is 1.34. The number of H-pyrrole nitrogens is 1. The van der Waals surface area contributed by atoms with Gasteiger partial charge in [-0.25, -0.2) is 4.98 Å². The van der Waals surface area contributed by atoms with Crippen molar-refractivity contribution >= 4 is 28.7 Å². The van der Waals surface area contributed by atoms with Crippen LogP contribution in [0.5, 0.6) is 0 Å². The minimum absolute atomic E-state index is 0.152. The highest BCUT2D eigenvalue weighted by atomic mass is 35.5. The number of rotatable bonds is 3. The maximum absolute atomic E-state index is 11.9. The number of nitrogens with one attached hydrogen (secondary N) is 1. The molecule has 0 saturated carbocycles. The van der Waals surface area contributed by atoms with Crippen LogP contribution in [0.2, 0.25) is 4.34 Å². The molecular weight excluding hydrogens is 246 g/mol. The van der Waals surface area contributed by atoms with Gasteiger partial charge in [0.1, 0.15) is 11.9 Å². The number of nitrogens with zero attached hydrogens (tertiary/aromatic N) is 1. The maximum Gasteiger partial charge on any atom is 0.195 e. The first kappa shape index (κ1) is 11.3. The van der Waals surface area contributed by atoms with E-state index in [-0.39, 0.29) is 5.78 Å². The lowest BCUT2D eigenvalue weighted by Crippen LogP contribution is -2.21. The van der Waals surface area contributed by atoms with Gasteiger partial charge in [-0.15, -0.1) is 11.3 Å². The summed E-state index contributed by atoms with van der Waals surface area (Å²) in [6.07, 6.45) is 1.58. The van der Waals surface area contributed by atoms with Crippen molar-refractivity contribution in [2.45, 2.75) is 13.0 Å². The molecule has 2 aromatic rings. The number of ketones is 1. The van der Waals surface area contributed by atoms with Gasteiger partial charge in [-0.1, -0.05) is 11.6 Å². The van der Waals surface area contributed by atoms with Crippen molar-refractivity contribution in [3.05, 3.63) is 39.1 Å². The molecule has 0 radical (unpaired) electrons. The summed E-state index contributed by atoms with van der Waals surface area (Å²) in [7, 11) is 0. The first-order chi connectivity index (χ1) is 7.58. The molecule has 2 aromatic heterocycles. The summed E-state index contributed by atoms with van der Waals surface area (Å²) in [4.78, 5) is 19.5. The van der Waals surface area contributed by atoms with Gasteiger partial charge < -0.3 is 10.7 Å². The number of carbonyl (C=O) groups is 1. The molecule has 16 heavy (non-hydrogen) atoms. The van der Waals surface area contributed by atoms with Crippen LogP contribution in [0.3, 0.4) is 0 Å². The van der Waals surface area contributed by atoms with E-state index in [9.17, 15) is 4.79 Å². The quantitative estimate of drug-likeness (QED) is 0.827. The van der Waals surface area contributed by atoms with Gasteiger partial charge in [0.05, 0.1) is 21.1 Å². The van der Waals surface area contributed by atoms with Gasteiger partial charge in [0.25, 0.3) is 0 Å². The molecule has 4 nitrogen and oxygen atoms in total. The zero-order valence-corrected chi connectivity index (χ0v) is 10.1. The average molecular weight is 256 g/mol. The number of nitrogens with two attached hydrogens (primary N) is 1. The van der Waals surface area contributed by atoms with Gasteiger partial charge in [-0.2, -0.15) is 0 Å². The SMILES string of the molecule is Cc1ncc(C(N)C(=O)c2ccc(Cl)s2)[nH]1. The Kier molecular flexibility index (Phi) is 3.09. The number of hydrogen-bond donors (Lipinski definition) is 2. The van der Waals surface area contributed by atoms with Crippen molar-refractivity contribution in [3.63, 3.8) is 0 Å². The molecular formula is C10H10ClN3OS. The molecule has 0 bridgehead atoms. The number of aromatic amines is 1. The van der Waals surface area contributed by atoms with Gasteiger partial charge in [0, 0.05) is 0 Å². The second-order valence-corrected chi connectivity index (χ2v) is 5.08. The maximum atomic E-state index is 11.9. The molecule has 0 aliphatic heterocycles. The van der Waals surface area contributed by atoms with Crippen LogP contribution in [-0.2, 0) is 0 Å². The third kappa shape index (κ3) is 2.16. The van der Waals surface area contributed by atoms with Crippen LogP contribution in [0, 0.1) is 6.92 Å². The van der Waals surface area contributed by atoms with E-state index < -0.39 is 6.04 Å². The Morgan fingerprint density at radius 3 is 2.88 bits per heavy atom. The summed E-state index contributed by atoms with van der Waals surface area (Å²) in [6.45, 7) is 1.81. The Balaban J connectivity index is 2.22. The van der Waals surface area contributed by atoms with E-state index in [2.05, 4.69) is 9.97 Å². The van der Waals surface area contributed by atoms with Crippen molar-refractivity contribution in [2.24, 2.45) is 5.73 Å². The number of thiophene rings is 1. The lowest BCUT2D eigenvalue weighted by Gasteiger charge is -2.05. The molecule has 2 rings (SSSR count). The zero-order valence-electron chi connectivity index (χ0n) is 8.53. The van der Waals surface area contributed by atoms with Gasteiger partial charge in [-0.3, -0.25) is 4.79 Å². The molecule has 3 N–H and O–H groups in total. The summed E-state index contributed by atoms with van der Waals surface area (Å²) in [5.41, 5.74) is 6.45. The third-order valence-electron chi connectivity index (χ3n) is 2.16. The molecule has 2 heterocycles. The second kappa shape index (κ2) is 4.37. The first-order valence-corrected chi connectivity index (χ1v) is 5.84. The number of Topliss-reactive ketones (excluding diaryl/α,β-unsaturated/α-hetero) is 1. The largest absolute Gasteiger partial charge is 0.344 e. The Bertz CT molecular complexity index is 520. The van der Waals surface area contributed by atoms with Gasteiger partial charge >= 0.3 is 0 Å². The summed E-state index contributed by atoms with van der Waals surface area (Å²) < 4.78 is 0.580. The van der Waals surface area contributed by atoms with Gasteiger partial charge in [-0.05, 0) is 19.1 Å². The van der Waals surface area contributed by atoms with Gasteiger partial charge in [0.2, 0.25) is 0 Å². The third-order valence-corrected chi connectivity index (χ3v) is 3.40. The molecule has 6 heteroatoms. The van der Waals surface area contributed by atoms with Crippen molar-refractivity contribution in [1.82, 2.24) is 9.97 Å².